The number of hydrogen-bond acceptors (Lipinski definition) is 7. The van der Waals surface area contributed by atoms with E-state index in [4.69, 9.17) is 5.73 Å². The molecule has 114 valence electrons. The fraction of sp³-hybridized carbons (Fsp3) is 0.500. The molecule has 11 heteroatoms. The average Bonchev–Trinajstić information content (AvgIpc) is 2.87. The van der Waals surface area contributed by atoms with Gasteiger partial charge in [0.25, 0.3) is 5.95 Å². The van der Waals surface area contributed by atoms with Crippen molar-refractivity contribution in [1.82, 2.24) is 29.7 Å². The summed E-state index contributed by atoms with van der Waals surface area (Å²) in [6.07, 6.45) is -1.84. The lowest BCUT2D eigenvalue weighted by Crippen LogP contribution is -2.40. The van der Waals surface area contributed by atoms with Gasteiger partial charge in [-0.2, -0.15) is 37.9 Å². The number of hydrogen-bond donors (Lipinski definition) is 1. The molecule has 0 radical (unpaired) electrons. The van der Waals surface area contributed by atoms with Crippen LogP contribution in [-0.2, 0) is 0 Å². The average molecular weight is 302 g/mol. The summed E-state index contributed by atoms with van der Waals surface area (Å²) in [4.78, 5) is 16.3. The first kappa shape index (κ1) is 14.9. The smallest absolute Gasteiger partial charge is 0.368 e. The number of rotatable bonds is 4. The van der Waals surface area contributed by atoms with Gasteiger partial charge in [-0.15, -0.1) is 0 Å². The summed E-state index contributed by atoms with van der Waals surface area (Å²) in [6.45, 7) is 2.01. The fourth-order valence-corrected chi connectivity index (χ4v) is 1.59. The number of aromatic nitrogens is 6. The minimum atomic E-state index is -4.39. The monoisotopic (exact) mass is 302 g/mol. The Morgan fingerprint density at radius 3 is 2.52 bits per heavy atom. The van der Waals surface area contributed by atoms with Crippen molar-refractivity contribution >= 4 is 11.9 Å². The Kier molecular flexibility index (Phi) is 3.91. The lowest BCUT2D eigenvalue weighted by atomic mass is 10.3. The maximum Gasteiger partial charge on any atom is 0.406 e. The van der Waals surface area contributed by atoms with Crippen LogP contribution in [0.3, 0.4) is 0 Å². The van der Waals surface area contributed by atoms with Gasteiger partial charge >= 0.3 is 6.18 Å². The van der Waals surface area contributed by atoms with Crippen molar-refractivity contribution < 1.29 is 13.2 Å². The van der Waals surface area contributed by atoms with Crippen molar-refractivity contribution in [3.63, 3.8) is 0 Å². The molecule has 0 aliphatic heterocycles. The third-order valence-electron chi connectivity index (χ3n) is 2.48. The molecular formula is C10H13F3N8. The Labute approximate surface area is 117 Å². The molecule has 0 saturated heterocycles. The van der Waals surface area contributed by atoms with Gasteiger partial charge in [-0.3, -0.25) is 0 Å². The molecule has 2 rings (SSSR count). The van der Waals surface area contributed by atoms with Gasteiger partial charge in [0.1, 0.15) is 19.2 Å². The van der Waals surface area contributed by atoms with E-state index < -0.39 is 18.8 Å². The van der Waals surface area contributed by atoms with Crippen molar-refractivity contribution in [1.29, 1.82) is 0 Å². The number of anilines is 2. The fourth-order valence-electron chi connectivity index (χ4n) is 1.59. The van der Waals surface area contributed by atoms with Crippen LogP contribution in [0, 0.1) is 0 Å². The number of nitrogen functional groups attached to an aromatic ring is 1. The summed E-state index contributed by atoms with van der Waals surface area (Å²) in [5.74, 6) is -0.360. The highest BCUT2D eigenvalue weighted by Crippen LogP contribution is 2.22. The van der Waals surface area contributed by atoms with Crippen LogP contribution >= 0.6 is 0 Å². The van der Waals surface area contributed by atoms with Gasteiger partial charge in [0.05, 0.1) is 0 Å². The van der Waals surface area contributed by atoms with Gasteiger partial charge in [0, 0.05) is 6.04 Å². The first-order valence-corrected chi connectivity index (χ1v) is 5.96. The topological polar surface area (TPSA) is 98.6 Å². The highest BCUT2D eigenvalue weighted by atomic mass is 19.4. The van der Waals surface area contributed by atoms with Crippen molar-refractivity contribution in [2.45, 2.75) is 26.1 Å². The highest BCUT2D eigenvalue weighted by molar-refractivity contribution is 5.38. The van der Waals surface area contributed by atoms with Gasteiger partial charge in [0.2, 0.25) is 11.9 Å². The van der Waals surface area contributed by atoms with E-state index in [1.807, 2.05) is 0 Å². The lowest BCUT2D eigenvalue weighted by molar-refractivity contribution is -0.120. The molecule has 0 fully saturated rings. The molecule has 0 spiro atoms. The number of nitrogens with two attached hydrogens (primary N) is 1. The largest absolute Gasteiger partial charge is 0.406 e. The zero-order valence-corrected chi connectivity index (χ0v) is 11.3. The van der Waals surface area contributed by atoms with Crippen molar-refractivity contribution in [3.8, 4) is 5.95 Å². The molecule has 0 bridgehead atoms. The SMILES string of the molecule is CC(C)N(CC(F)(F)F)c1nc(N)nc(-n2cncn2)n1. The molecule has 21 heavy (non-hydrogen) atoms. The maximum absolute atomic E-state index is 12.7. The summed E-state index contributed by atoms with van der Waals surface area (Å²) in [6, 6.07) is -0.475. The van der Waals surface area contributed by atoms with Crippen LogP contribution in [0.1, 0.15) is 13.8 Å². The molecule has 0 aliphatic carbocycles. The van der Waals surface area contributed by atoms with E-state index in [0.717, 1.165) is 4.90 Å². The van der Waals surface area contributed by atoms with Gasteiger partial charge < -0.3 is 10.6 Å². The van der Waals surface area contributed by atoms with Crippen molar-refractivity contribution in [2.75, 3.05) is 17.2 Å². The highest BCUT2D eigenvalue weighted by Gasteiger charge is 2.33. The lowest BCUT2D eigenvalue weighted by Gasteiger charge is -2.27. The van der Waals surface area contributed by atoms with E-state index in [9.17, 15) is 13.2 Å². The summed E-state index contributed by atoms with van der Waals surface area (Å²) >= 11 is 0. The molecule has 2 heterocycles. The van der Waals surface area contributed by atoms with Crippen LogP contribution in [0.4, 0.5) is 25.1 Å². The van der Waals surface area contributed by atoms with Crippen LogP contribution in [0.15, 0.2) is 12.7 Å². The minimum absolute atomic E-state index is 0.00262. The summed E-state index contributed by atoms with van der Waals surface area (Å²) in [5.41, 5.74) is 5.54. The Balaban J connectivity index is 2.41. The second-order valence-corrected chi connectivity index (χ2v) is 4.47. The molecule has 0 saturated carbocycles. The van der Waals surface area contributed by atoms with Gasteiger partial charge in [0.15, 0.2) is 0 Å². The normalized spacial score (nSPS) is 11.9. The zero-order valence-electron chi connectivity index (χ0n) is 11.3. The van der Waals surface area contributed by atoms with Gasteiger partial charge in [-0.25, -0.2) is 4.98 Å². The van der Waals surface area contributed by atoms with Crippen LogP contribution in [0.2, 0.25) is 0 Å². The van der Waals surface area contributed by atoms with Crippen molar-refractivity contribution in [3.05, 3.63) is 12.7 Å². The van der Waals surface area contributed by atoms with E-state index in [1.165, 1.54) is 17.3 Å². The zero-order chi connectivity index (χ0) is 15.6. The van der Waals surface area contributed by atoms with Crippen LogP contribution < -0.4 is 10.6 Å². The Hall–Kier alpha value is -2.46. The predicted octanol–water partition coefficient (Wildman–Crippen LogP) is 0.812. The maximum atomic E-state index is 12.7. The van der Waals surface area contributed by atoms with E-state index in [-0.39, 0.29) is 17.8 Å². The van der Waals surface area contributed by atoms with Crippen LogP contribution in [0.5, 0.6) is 0 Å². The van der Waals surface area contributed by atoms with Gasteiger partial charge in [-0.1, -0.05) is 0 Å². The second-order valence-electron chi connectivity index (χ2n) is 4.47. The van der Waals surface area contributed by atoms with Gasteiger partial charge in [-0.05, 0) is 13.8 Å². The standard InChI is InChI=1S/C10H13F3N8/c1-6(2)20(3-10(11,12)13)8-17-7(14)18-9(19-8)21-5-15-4-16-21/h4-6H,3H2,1-2H3,(H2,14,17,18,19). The van der Waals surface area contributed by atoms with Crippen molar-refractivity contribution in [2.24, 2.45) is 0 Å². The molecule has 0 aliphatic rings. The Bertz CT molecular complexity index is 595. The minimum Gasteiger partial charge on any atom is -0.368 e. The predicted molar refractivity (Wildman–Crippen MR) is 67.7 cm³/mol. The Morgan fingerprint density at radius 1 is 1.29 bits per heavy atom. The van der Waals surface area contributed by atoms with E-state index in [2.05, 4.69) is 25.0 Å². The molecule has 0 aromatic carbocycles. The molecule has 2 N–H and O–H groups in total. The number of halogens is 3. The first-order valence-electron chi connectivity index (χ1n) is 5.96. The summed E-state index contributed by atoms with van der Waals surface area (Å²) < 4.78 is 39.2. The molecule has 2 aromatic rings. The molecule has 2 aromatic heterocycles. The quantitative estimate of drug-likeness (QED) is 0.892. The molecule has 0 unspecified atom stereocenters. The van der Waals surface area contributed by atoms with E-state index >= 15 is 0 Å². The molecule has 0 amide bonds. The third kappa shape index (κ3) is 3.77. The second kappa shape index (κ2) is 5.50. The molecular weight excluding hydrogens is 289 g/mol. The van der Waals surface area contributed by atoms with E-state index in [0.29, 0.717) is 0 Å². The number of nitrogens with zero attached hydrogens (tertiary/aromatic N) is 7. The van der Waals surface area contributed by atoms with E-state index in [1.54, 1.807) is 13.8 Å². The molecule has 8 nitrogen and oxygen atoms in total. The summed E-state index contributed by atoms with van der Waals surface area (Å²) in [7, 11) is 0. The first-order chi connectivity index (χ1) is 9.76. The summed E-state index contributed by atoms with van der Waals surface area (Å²) in [5, 5.41) is 3.80. The molecule has 0 atom stereocenters. The van der Waals surface area contributed by atoms with Crippen LogP contribution in [-0.4, -0.2) is 48.5 Å². The Morgan fingerprint density at radius 2 is 2.00 bits per heavy atom. The third-order valence-corrected chi connectivity index (χ3v) is 2.48. The van der Waals surface area contributed by atoms with Crippen LogP contribution in [0.25, 0.3) is 5.95 Å². The number of alkyl halides is 3.